The highest BCUT2D eigenvalue weighted by atomic mass is 35.5. The maximum absolute atomic E-state index is 12.0. The maximum Gasteiger partial charge on any atom is 0.253 e. The normalized spacial score (nSPS) is 13.1. The summed E-state index contributed by atoms with van der Waals surface area (Å²) in [5.74, 6) is 0.0333. The summed E-state index contributed by atoms with van der Waals surface area (Å²) < 4.78 is 24.5. The highest BCUT2D eigenvalue weighted by Crippen LogP contribution is 2.22. The van der Waals surface area contributed by atoms with Gasteiger partial charge in [-0.3, -0.25) is 9.52 Å². The Labute approximate surface area is 124 Å². The van der Waals surface area contributed by atoms with Gasteiger partial charge >= 0.3 is 0 Å². The molecule has 0 saturated heterocycles. The molecule has 20 heavy (non-hydrogen) atoms. The lowest BCUT2D eigenvalue weighted by Gasteiger charge is -2.18. The first-order valence-electron chi connectivity index (χ1n) is 6.18. The fourth-order valence-corrected chi connectivity index (χ4v) is 2.25. The second-order valence-corrected chi connectivity index (χ2v) is 7.23. The van der Waals surface area contributed by atoms with Gasteiger partial charge in [-0.15, -0.1) is 0 Å². The fourth-order valence-electron chi connectivity index (χ4n) is 1.43. The van der Waals surface area contributed by atoms with E-state index in [0.717, 1.165) is 6.26 Å². The molecule has 2 N–H and O–H groups in total. The molecule has 1 aromatic carbocycles. The molecule has 1 amide bonds. The van der Waals surface area contributed by atoms with Crippen LogP contribution in [-0.2, 0) is 10.0 Å². The summed E-state index contributed by atoms with van der Waals surface area (Å²) in [6, 6.07) is 4.44. The summed E-state index contributed by atoms with van der Waals surface area (Å²) in [6.07, 6.45) is 1.05. The lowest BCUT2D eigenvalue weighted by atomic mass is 10.1. The van der Waals surface area contributed by atoms with Gasteiger partial charge in [-0.1, -0.05) is 25.4 Å². The maximum atomic E-state index is 12.0. The zero-order valence-electron chi connectivity index (χ0n) is 11.9. The molecule has 0 aliphatic rings. The van der Waals surface area contributed by atoms with Crippen LogP contribution in [0.1, 0.15) is 31.1 Å². The summed E-state index contributed by atoms with van der Waals surface area (Å²) in [5.41, 5.74) is 0.643. The smallest absolute Gasteiger partial charge is 0.253 e. The number of nitrogens with one attached hydrogen (secondary N) is 2. The second kappa shape index (κ2) is 6.45. The first-order chi connectivity index (χ1) is 9.10. The van der Waals surface area contributed by atoms with E-state index in [1.54, 1.807) is 0 Å². The van der Waals surface area contributed by atoms with Crippen LogP contribution in [0.15, 0.2) is 18.2 Å². The molecule has 1 rings (SSSR count). The van der Waals surface area contributed by atoms with Gasteiger partial charge in [0.2, 0.25) is 10.0 Å². The van der Waals surface area contributed by atoms with E-state index < -0.39 is 10.0 Å². The van der Waals surface area contributed by atoms with Gasteiger partial charge in [0, 0.05) is 11.7 Å². The van der Waals surface area contributed by atoms with Gasteiger partial charge in [0.05, 0.1) is 16.8 Å². The first kappa shape index (κ1) is 16.8. The molecule has 0 unspecified atom stereocenters. The third kappa shape index (κ3) is 5.02. The third-order valence-electron chi connectivity index (χ3n) is 2.88. The lowest BCUT2D eigenvalue weighted by Crippen LogP contribution is -2.36. The average molecular weight is 319 g/mol. The Kier molecular flexibility index (Phi) is 5.42. The molecule has 0 bridgehead atoms. The Morgan fingerprint density at radius 3 is 2.30 bits per heavy atom. The third-order valence-corrected chi connectivity index (χ3v) is 3.79. The molecule has 1 atom stereocenters. The molecule has 0 heterocycles. The number of halogens is 1. The highest BCUT2D eigenvalue weighted by Gasteiger charge is 2.15. The predicted molar refractivity (Wildman–Crippen MR) is 81.7 cm³/mol. The molecule has 0 aromatic heterocycles. The van der Waals surface area contributed by atoms with Crippen molar-refractivity contribution in [2.24, 2.45) is 5.92 Å². The van der Waals surface area contributed by atoms with Gasteiger partial charge in [-0.05, 0) is 31.0 Å². The van der Waals surface area contributed by atoms with Crippen molar-refractivity contribution in [2.45, 2.75) is 26.8 Å². The summed E-state index contributed by atoms with van der Waals surface area (Å²) in [5, 5.41) is 3.04. The van der Waals surface area contributed by atoms with Crippen LogP contribution in [0, 0.1) is 5.92 Å². The number of benzene rings is 1. The summed E-state index contributed by atoms with van der Waals surface area (Å²) in [6.45, 7) is 5.92. The van der Waals surface area contributed by atoms with E-state index in [-0.39, 0.29) is 17.0 Å². The average Bonchev–Trinajstić information content (AvgIpc) is 2.26. The SMILES string of the molecule is CC(C)[C@@H](C)NC(=O)c1ccc(NS(C)(=O)=O)cc1Cl. The molecule has 5 nitrogen and oxygen atoms in total. The van der Waals surface area contributed by atoms with Crippen molar-refractivity contribution in [2.75, 3.05) is 11.0 Å². The number of rotatable bonds is 5. The van der Waals surface area contributed by atoms with Crippen LogP contribution in [0.25, 0.3) is 0 Å². The minimum atomic E-state index is -3.37. The number of sulfonamides is 1. The van der Waals surface area contributed by atoms with Crippen molar-refractivity contribution in [3.63, 3.8) is 0 Å². The van der Waals surface area contributed by atoms with Gasteiger partial charge in [-0.25, -0.2) is 8.42 Å². The second-order valence-electron chi connectivity index (χ2n) is 5.08. The van der Waals surface area contributed by atoms with Crippen LogP contribution in [0.2, 0.25) is 5.02 Å². The summed E-state index contributed by atoms with van der Waals surface area (Å²) in [7, 11) is -3.37. The van der Waals surface area contributed by atoms with Gasteiger partial charge in [0.1, 0.15) is 0 Å². The fraction of sp³-hybridized carbons (Fsp3) is 0.462. The largest absolute Gasteiger partial charge is 0.349 e. The number of carbonyl (C=O) groups excluding carboxylic acids is 1. The predicted octanol–water partition coefficient (Wildman–Crippen LogP) is 2.49. The Bertz CT molecular complexity index is 600. The molecule has 7 heteroatoms. The van der Waals surface area contributed by atoms with Crippen LogP contribution >= 0.6 is 11.6 Å². The van der Waals surface area contributed by atoms with Crippen LogP contribution < -0.4 is 10.0 Å². The Morgan fingerprint density at radius 1 is 1.25 bits per heavy atom. The number of hydrogen-bond donors (Lipinski definition) is 2. The standard InChI is InChI=1S/C13H19ClN2O3S/c1-8(2)9(3)15-13(17)11-6-5-10(7-12(11)14)16-20(4,18)19/h5-9,16H,1-4H3,(H,15,17)/t9-/m1/s1. The van der Waals surface area contributed by atoms with E-state index in [1.165, 1.54) is 18.2 Å². The van der Waals surface area contributed by atoms with Gasteiger partial charge in [0.15, 0.2) is 0 Å². The molecular formula is C13H19ClN2O3S. The topological polar surface area (TPSA) is 75.3 Å². The molecule has 0 radical (unpaired) electrons. The number of carbonyl (C=O) groups is 1. The van der Waals surface area contributed by atoms with Gasteiger partial charge < -0.3 is 5.32 Å². The molecular weight excluding hydrogens is 300 g/mol. The molecule has 0 fully saturated rings. The highest BCUT2D eigenvalue weighted by molar-refractivity contribution is 7.92. The number of amides is 1. The van der Waals surface area contributed by atoms with Crippen molar-refractivity contribution in [1.82, 2.24) is 5.32 Å². The molecule has 112 valence electrons. The van der Waals surface area contributed by atoms with Crippen molar-refractivity contribution in [3.8, 4) is 0 Å². The molecule has 1 aromatic rings. The zero-order valence-corrected chi connectivity index (χ0v) is 13.5. The van der Waals surface area contributed by atoms with Crippen molar-refractivity contribution >= 4 is 33.2 Å². The van der Waals surface area contributed by atoms with E-state index in [4.69, 9.17) is 11.6 Å². The van der Waals surface area contributed by atoms with Crippen molar-refractivity contribution < 1.29 is 13.2 Å². The van der Waals surface area contributed by atoms with E-state index in [0.29, 0.717) is 17.2 Å². The number of hydrogen-bond acceptors (Lipinski definition) is 3. The lowest BCUT2D eigenvalue weighted by molar-refractivity contribution is 0.0930. The first-order valence-corrected chi connectivity index (χ1v) is 8.45. The van der Waals surface area contributed by atoms with Crippen molar-refractivity contribution in [3.05, 3.63) is 28.8 Å². The summed E-state index contributed by atoms with van der Waals surface area (Å²) in [4.78, 5) is 12.0. The van der Waals surface area contributed by atoms with Gasteiger partial charge in [0.25, 0.3) is 5.91 Å². The van der Waals surface area contributed by atoms with E-state index in [1.807, 2.05) is 20.8 Å². The monoisotopic (exact) mass is 318 g/mol. The molecule has 0 saturated carbocycles. The van der Waals surface area contributed by atoms with Gasteiger partial charge in [-0.2, -0.15) is 0 Å². The van der Waals surface area contributed by atoms with Crippen LogP contribution in [-0.4, -0.2) is 26.6 Å². The van der Waals surface area contributed by atoms with E-state index >= 15 is 0 Å². The minimum absolute atomic E-state index is 0.0207. The minimum Gasteiger partial charge on any atom is -0.349 e. The van der Waals surface area contributed by atoms with Crippen LogP contribution in [0.3, 0.4) is 0 Å². The summed E-state index contributed by atoms with van der Waals surface area (Å²) >= 11 is 6.02. The Morgan fingerprint density at radius 2 is 1.85 bits per heavy atom. The van der Waals surface area contributed by atoms with Crippen molar-refractivity contribution in [1.29, 1.82) is 0 Å². The van der Waals surface area contributed by atoms with Crippen LogP contribution in [0.5, 0.6) is 0 Å². The van der Waals surface area contributed by atoms with Crippen LogP contribution in [0.4, 0.5) is 5.69 Å². The molecule has 0 spiro atoms. The quantitative estimate of drug-likeness (QED) is 0.875. The van der Waals surface area contributed by atoms with E-state index in [9.17, 15) is 13.2 Å². The van der Waals surface area contributed by atoms with E-state index in [2.05, 4.69) is 10.0 Å². The Balaban J connectivity index is 2.90. The zero-order chi connectivity index (χ0) is 15.5. The molecule has 0 aliphatic carbocycles. The molecule has 0 aliphatic heterocycles. The Hall–Kier alpha value is -1.27. The number of anilines is 1.